The average molecular weight is 231 g/mol. The topological polar surface area (TPSA) is 102 Å². The molecule has 0 radical (unpaired) electrons. The second-order valence-corrected chi connectivity index (χ2v) is 3.53. The monoisotopic (exact) mass is 231 g/mol. The van der Waals surface area contributed by atoms with E-state index in [9.17, 15) is 13.2 Å². The van der Waals surface area contributed by atoms with Crippen LogP contribution in [0.3, 0.4) is 0 Å². The van der Waals surface area contributed by atoms with Crippen molar-refractivity contribution in [1.82, 2.24) is 5.48 Å². The second kappa shape index (κ2) is 5.40. The maximum atomic E-state index is 10.5. The third-order valence-electron chi connectivity index (χ3n) is 0.977. The van der Waals surface area contributed by atoms with Gasteiger partial charge in [0.1, 0.15) is 6.04 Å². The number of carboxylic acid groups (broad SMARTS) is 1. The SMILES string of the molecule is COS(=O)(=O)ON[C@H](CS)C(=O)O. The third kappa shape index (κ3) is 5.05. The minimum atomic E-state index is -4.17. The summed E-state index contributed by atoms with van der Waals surface area (Å²) in [4.78, 5) is 10.3. The second-order valence-electron chi connectivity index (χ2n) is 1.85. The summed E-state index contributed by atoms with van der Waals surface area (Å²) in [7, 11) is -3.28. The fourth-order valence-corrected chi connectivity index (χ4v) is 0.850. The number of carbonyl (C=O) groups is 1. The Hall–Kier alpha value is -0.350. The van der Waals surface area contributed by atoms with Gasteiger partial charge in [-0.2, -0.15) is 30.8 Å². The van der Waals surface area contributed by atoms with E-state index in [1.165, 1.54) is 0 Å². The van der Waals surface area contributed by atoms with E-state index in [4.69, 9.17) is 5.11 Å². The van der Waals surface area contributed by atoms with Crippen molar-refractivity contribution in [2.45, 2.75) is 6.04 Å². The quantitative estimate of drug-likeness (QED) is 0.389. The molecule has 0 bridgehead atoms. The van der Waals surface area contributed by atoms with Crippen molar-refractivity contribution in [3.63, 3.8) is 0 Å². The van der Waals surface area contributed by atoms with Gasteiger partial charge in [0.05, 0.1) is 7.11 Å². The van der Waals surface area contributed by atoms with E-state index in [0.29, 0.717) is 0 Å². The molecular weight excluding hydrogens is 222 g/mol. The van der Waals surface area contributed by atoms with Crippen molar-refractivity contribution in [3.8, 4) is 0 Å². The Bertz CT molecular complexity index is 262. The zero-order valence-electron chi connectivity index (χ0n) is 6.63. The smallest absolute Gasteiger partial charge is 0.415 e. The molecule has 0 aromatic heterocycles. The van der Waals surface area contributed by atoms with Gasteiger partial charge in [0.2, 0.25) is 0 Å². The predicted octanol–water partition coefficient (Wildman–Crippen LogP) is -1.22. The number of rotatable bonds is 6. The lowest BCUT2D eigenvalue weighted by Gasteiger charge is -2.09. The van der Waals surface area contributed by atoms with Crippen molar-refractivity contribution in [3.05, 3.63) is 0 Å². The van der Waals surface area contributed by atoms with Crippen LogP contribution in [0.2, 0.25) is 0 Å². The first kappa shape index (κ1) is 12.7. The van der Waals surface area contributed by atoms with Gasteiger partial charge in [0.25, 0.3) is 0 Å². The lowest BCUT2D eigenvalue weighted by atomic mass is 10.4. The highest BCUT2D eigenvalue weighted by atomic mass is 32.3. The molecule has 1 atom stereocenters. The molecule has 0 aromatic rings. The normalized spacial score (nSPS) is 14.0. The maximum Gasteiger partial charge on any atom is 0.415 e. The van der Waals surface area contributed by atoms with Crippen LogP contribution in [-0.4, -0.2) is 38.4 Å². The van der Waals surface area contributed by atoms with Gasteiger partial charge >= 0.3 is 16.4 Å². The molecule has 0 aliphatic carbocycles. The standard InChI is InChI=1S/C4H9NO6S2/c1-10-13(8,9)11-5-3(2-12)4(6)7/h3,5,12H,2H2,1H3,(H,6,7)/t3-/m1/s1. The number of thiol groups is 1. The summed E-state index contributed by atoms with van der Waals surface area (Å²) < 4.78 is 28.9. The Labute approximate surface area is 80.7 Å². The number of carboxylic acids is 1. The predicted molar refractivity (Wildman–Crippen MR) is 45.4 cm³/mol. The van der Waals surface area contributed by atoms with Crippen LogP contribution in [0.1, 0.15) is 0 Å². The molecule has 0 saturated carbocycles. The number of nitrogens with one attached hydrogen (secondary N) is 1. The Morgan fingerprint density at radius 2 is 2.23 bits per heavy atom. The molecule has 13 heavy (non-hydrogen) atoms. The van der Waals surface area contributed by atoms with Gasteiger partial charge in [0.15, 0.2) is 0 Å². The molecular formula is C4H9NO6S2. The van der Waals surface area contributed by atoms with Gasteiger partial charge in [0, 0.05) is 5.75 Å². The number of hydroxylamine groups is 1. The molecule has 7 nitrogen and oxygen atoms in total. The zero-order valence-corrected chi connectivity index (χ0v) is 8.34. The summed E-state index contributed by atoms with van der Waals surface area (Å²) >= 11 is 3.65. The van der Waals surface area contributed by atoms with Crippen molar-refractivity contribution in [1.29, 1.82) is 0 Å². The summed E-state index contributed by atoms with van der Waals surface area (Å²) in [6.45, 7) is 0. The van der Waals surface area contributed by atoms with E-state index in [1.807, 2.05) is 0 Å². The number of hydrogen-bond acceptors (Lipinski definition) is 7. The summed E-state index contributed by atoms with van der Waals surface area (Å²) in [5, 5.41) is 8.42. The molecule has 0 aliphatic rings. The van der Waals surface area contributed by atoms with Gasteiger partial charge in [-0.25, -0.2) is 0 Å². The van der Waals surface area contributed by atoms with Gasteiger partial charge in [-0.3, -0.25) is 8.98 Å². The molecule has 0 unspecified atom stereocenters. The highest BCUT2D eigenvalue weighted by Gasteiger charge is 2.19. The van der Waals surface area contributed by atoms with Crippen LogP contribution in [0.5, 0.6) is 0 Å². The highest BCUT2D eigenvalue weighted by molar-refractivity contribution is 7.81. The van der Waals surface area contributed by atoms with Crippen molar-refractivity contribution >= 4 is 29.0 Å². The summed E-state index contributed by atoms with van der Waals surface area (Å²) in [6, 6.07) is -1.21. The summed E-state index contributed by atoms with van der Waals surface area (Å²) in [5.41, 5.74) is 1.77. The first-order chi connectivity index (χ1) is 5.93. The van der Waals surface area contributed by atoms with Gasteiger partial charge in [-0.15, -0.1) is 0 Å². The zero-order chi connectivity index (χ0) is 10.5. The third-order valence-corrected chi connectivity index (χ3v) is 2.05. The molecule has 2 N–H and O–H groups in total. The lowest BCUT2D eigenvalue weighted by molar-refractivity contribution is -0.140. The van der Waals surface area contributed by atoms with E-state index < -0.39 is 22.4 Å². The summed E-state index contributed by atoms with van der Waals surface area (Å²) in [5.74, 6) is -1.39. The van der Waals surface area contributed by atoms with Crippen molar-refractivity contribution in [2.24, 2.45) is 0 Å². The molecule has 9 heteroatoms. The van der Waals surface area contributed by atoms with Crippen LogP contribution in [0.15, 0.2) is 0 Å². The van der Waals surface area contributed by atoms with Crippen LogP contribution < -0.4 is 5.48 Å². The van der Waals surface area contributed by atoms with Crippen LogP contribution >= 0.6 is 12.6 Å². The fourth-order valence-electron chi connectivity index (χ4n) is 0.317. The average Bonchev–Trinajstić information content (AvgIpc) is 2.05. The van der Waals surface area contributed by atoms with E-state index in [1.54, 1.807) is 5.48 Å². The lowest BCUT2D eigenvalue weighted by Crippen LogP contribution is -2.39. The molecule has 0 spiro atoms. The molecule has 0 rings (SSSR count). The molecule has 0 fully saturated rings. The van der Waals surface area contributed by atoms with Crippen LogP contribution in [0, 0.1) is 0 Å². The Morgan fingerprint density at radius 3 is 2.54 bits per heavy atom. The highest BCUT2D eigenvalue weighted by Crippen LogP contribution is 1.93. The Morgan fingerprint density at radius 1 is 1.69 bits per heavy atom. The first-order valence-electron chi connectivity index (χ1n) is 3.01. The molecule has 0 aromatic carbocycles. The van der Waals surface area contributed by atoms with E-state index in [0.717, 1.165) is 7.11 Å². The number of aliphatic carboxylic acids is 1. The minimum Gasteiger partial charge on any atom is -0.480 e. The van der Waals surface area contributed by atoms with Crippen LogP contribution in [0.4, 0.5) is 0 Å². The van der Waals surface area contributed by atoms with Crippen LogP contribution in [0.25, 0.3) is 0 Å². The number of hydrogen-bond donors (Lipinski definition) is 3. The largest absolute Gasteiger partial charge is 0.480 e. The van der Waals surface area contributed by atoms with Gasteiger partial charge < -0.3 is 5.11 Å². The van der Waals surface area contributed by atoms with Crippen molar-refractivity contribution < 1.29 is 26.8 Å². The fraction of sp³-hybridized carbons (Fsp3) is 0.750. The van der Waals surface area contributed by atoms with E-state index in [-0.39, 0.29) is 5.75 Å². The van der Waals surface area contributed by atoms with E-state index in [2.05, 4.69) is 21.1 Å². The Kier molecular flexibility index (Phi) is 5.25. The molecule has 0 saturated heterocycles. The van der Waals surface area contributed by atoms with Gasteiger partial charge in [-0.1, -0.05) is 0 Å². The van der Waals surface area contributed by atoms with Gasteiger partial charge in [-0.05, 0) is 0 Å². The van der Waals surface area contributed by atoms with E-state index >= 15 is 0 Å². The van der Waals surface area contributed by atoms with Crippen molar-refractivity contribution in [2.75, 3.05) is 12.9 Å². The maximum absolute atomic E-state index is 10.5. The molecule has 0 heterocycles. The first-order valence-corrected chi connectivity index (χ1v) is 4.97. The minimum absolute atomic E-state index is 0.117. The Balaban J connectivity index is 4.07. The van der Waals surface area contributed by atoms with Crippen LogP contribution in [-0.2, 0) is 23.7 Å². The molecule has 0 aliphatic heterocycles. The summed E-state index contributed by atoms with van der Waals surface area (Å²) in [6.07, 6.45) is 0. The molecule has 78 valence electrons. The molecule has 0 amide bonds.